The van der Waals surface area contributed by atoms with Crippen LogP contribution in [0.25, 0.3) is 11.1 Å². The number of para-hydroxylation sites is 1. The Morgan fingerprint density at radius 3 is 2.88 bits per heavy atom. The number of nitrogens with one attached hydrogen (secondary N) is 1. The van der Waals surface area contributed by atoms with E-state index < -0.39 is 0 Å². The highest BCUT2D eigenvalue weighted by Gasteiger charge is 2.14. The van der Waals surface area contributed by atoms with Crippen LogP contribution in [-0.4, -0.2) is 16.9 Å². The fourth-order valence-corrected chi connectivity index (χ4v) is 2.96. The minimum atomic E-state index is -0.182. The lowest BCUT2D eigenvalue weighted by Crippen LogP contribution is -2.31. The smallest absolute Gasteiger partial charge is 0.287 e. The summed E-state index contributed by atoms with van der Waals surface area (Å²) in [4.78, 5) is 16.5. The van der Waals surface area contributed by atoms with Gasteiger partial charge in [-0.25, -0.2) is 4.98 Å². The monoisotopic (exact) mass is 344 g/mol. The molecule has 2 aromatic heterocycles. The van der Waals surface area contributed by atoms with E-state index in [1.165, 1.54) is 11.8 Å². The summed E-state index contributed by atoms with van der Waals surface area (Å²) in [5.74, 6) is 1.42. The Morgan fingerprint density at radius 2 is 2.12 bits per heavy atom. The van der Waals surface area contributed by atoms with Gasteiger partial charge in [-0.05, 0) is 44.0 Å². The van der Waals surface area contributed by atoms with Crippen LogP contribution in [0.15, 0.2) is 44.4 Å². The molecule has 0 aliphatic heterocycles. The topological polar surface area (TPSA) is 68.3 Å². The quantitative estimate of drug-likeness (QED) is 0.664. The van der Waals surface area contributed by atoms with Crippen LogP contribution in [-0.2, 0) is 5.75 Å². The number of hydrogen-bond donors (Lipinski definition) is 1. The maximum Gasteiger partial charge on any atom is 0.287 e. The van der Waals surface area contributed by atoms with Crippen LogP contribution in [0, 0.1) is 6.92 Å². The molecule has 2 heterocycles. The van der Waals surface area contributed by atoms with Gasteiger partial charge in [0.15, 0.2) is 11.3 Å². The molecule has 24 heavy (non-hydrogen) atoms. The van der Waals surface area contributed by atoms with Crippen LogP contribution >= 0.6 is 11.8 Å². The average Bonchev–Trinajstić information content (AvgIpc) is 3.20. The standard InChI is InChI=1S/C18H20N2O3S/c1-4-12(3)19-17(21)15-9-8-13(22-15)10-24-18-20-16-11(2)6-5-7-14(16)23-18/h5-9,12H,4,10H2,1-3H3,(H,19,21)/t12-/m1/s1. The molecule has 6 heteroatoms. The fourth-order valence-electron chi connectivity index (χ4n) is 2.23. The molecule has 1 N–H and O–H groups in total. The fraction of sp³-hybridized carbons (Fsp3) is 0.333. The van der Waals surface area contributed by atoms with Crippen LogP contribution in [0.3, 0.4) is 0 Å². The van der Waals surface area contributed by atoms with Crippen molar-refractivity contribution in [2.24, 2.45) is 0 Å². The average molecular weight is 344 g/mol. The Kier molecular flexibility index (Phi) is 4.94. The molecule has 126 valence electrons. The number of furan rings is 1. The zero-order chi connectivity index (χ0) is 17.1. The molecule has 0 radical (unpaired) electrons. The van der Waals surface area contributed by atoms with Gasteiger partial charge in [0.25, 0.3) is 11.1 Å². The molecule has 0 unspecified atom stereocenters. The van der Waals surface area contributed by atoms with Crippen molar-refractivity contribution >= 4 is 28.8 Å². The number of aromatic nitrogens is 1. The molecule has 3 rings (SSSR count). The molecule has 0 aliphatic rings. The number of aryl methyl sites for hydroxylation is 1. The van der Waals surface area contributed by atoms with Gasteiger partial charge in [0.2, 0.25) is 0 Å². The van der Waals surface area contributed by atoms with Crippen molar-refractivity contribution in [2.75, 3.05) is 0 Å². The molecule has 1 aromatic carbocycles. The summed E-state index contributed by atoms with van der Waals surface area (Å²) in [6.07, 6.45) is 0.881. The van der Waals surface area contributed by atoms with Gasteiger partial charge < -0.3 is 14.2 Å². The Bertz CT molecular complexity index is 853. The number of carbonyl (C=O) groups is 1. The third-order valence-electron chi connectivity index (χ3n) is 3.81. The maximum absolute atomic E-state index is 12.0. The molecule has 5 nitrogen and oxygen atoms in total. The lowest BCUT2D eigenvalue weighted by molar-refractivity contribution is 0.0910. The second-order valence-electron chi connectivity index (χ2n) is 5.74. The second kappa shape index (κ2) is 7.13. The van der Waals surface area contributed by atoms with E-state index in [1.54, 1.807) is 6.07 Å². The van der Waals surface area contributed by atoms with Crippen LogP contribution in [0.1, 0.15) is 42.1 Å². The molecule has 0 fully saturated rings. The van der Waals surface area contributed by atoms with E-state index >= 15 is 0 Å². The summed E-state index contributed by atoms with van der Waals surface area (Å²) in [5.41, 5.74) is 2.75. The van der Waals surface area contributed by atoms with Crippen molar-refractivity contribution in [3.8, 4) is 0 Å². The van der Waals surface area contributed by atoms with Gasteiger partial charge in [-0.3, -0.25) is 4.79 Å². The molecule has 0 saturated carbocycles. The summed E-state index contributed by atoms with van der Waals surface area (Å²) >= 11 is 1.45. The zero-order valence-electron chi connectivity index (χ0n) is 14.0. The molecular formula is C18H20N2O3S. The number of carbonyl (C=O) groups excluding carboxylic acids is 1. The number of fused-ring (bicyclic) bond motifs is 1. The highest BCUT2D eigenvalue weighted by atomic mass is 32.2. The van der Waals surface area contributed by atoms with Crippen LogP contribution in [0.4, 0.5) is 0 Å². The first-order valence-corrected chi connectivity index (χ1v) is 8.94. The van der Waals surface area contributed by atoms with E-state index in [2.05, 4.69) is 10.3 Å². The van der Waals surface area contributed by atoms with Crippen molar-refractivity contribution in [3.05, 3.63) is 47.4 Å². The van der Waals surface area contributed by atoms with E-state index in [-0.39, 0.29) is 11.9 Å². The lowest BCUT2D eigenvalue weighted by Gasteiger charge is -2.09. The van der Waals surface area contributed by atoms with Gasteiger partial charge in [-0.2, -0.15) is 0 Å². The van der Waals surface area contributed by atoms with Crippen molar-refractivity contribution in [1.29, 1.82) is 0 Å². The maximum atomic E-state index is 12.0. The SMILES string of the molecule is CC[C@@H](C)NC(=O)c1ccc(CSc2nc3c(C)cccc3o2)o1. The molecule has 0 spiro atoms. The minimum absolute atomic E-state index is 0.128. The summed E-state index contributed by atoms with van der Waals surface area (Å²) in [5, 5.41) is 3.49. The van der Waals surface area contributed by atoms with Crippen molar-refractivity contribution in [1.82, 2.24) is 10.3 Å². The number of nitrogens with zero attached hydrogens (tertiary/aromatic N) is 1. The Balaban J connectivity index is 1.64. The molecule has 0 bridgehead atoms. The van der Waals surface area contributed by atoms with E-state index in [4.69, 9.17) is 8.83 Å². The second-order valence-corrected chi connectivity index (χ2v) is 6.67. The van der Waals surface area contributed by atoms with E-state index in [0.29, 0.717) is 22.5 Å². The summed E-state index contributed by atoms with van der Waals surface area (Å²) in [6.45, 7) is 6.00. The normalized spacial score (nSPS) is 12.5. The number of hydrogen-bond acceptors (Lipinski definition) is 5. The number of oxazole rings is 1. The third kappa shape index (κ3) is 3.64. The summed E-state index contributed by atoms with van der Waals surface area (Å²) in [7, 11) is 0. The zero-order valence-corrected chi connectivity index (χ0v) is 14.8. The molecule has 1 amide bonds. The Hall–Kier alpha value is -2.21. The Morgan fingerprint density at radius 1 is 1.29 bits per heavy atom. The first-order chi connectivity index (χ1) is 11.6. The molecule has 0 aliphatic carbocycles. The number of thioether (sulfide) groups is 1. The van der Waals surface area contributed by atoms with Crippen LogP contribution in [0.5, 0.6) is 0 Å². The number of amides is 1. The van der Waals surface area contributed by atoms with E-state index in [9.17, 15) is 4.79 Å². The molecular weight excluding hydrogens is 324 g/mol. The number of benzene rings is 1. The largest absolute Gasteiger partial charge is 0.455 e. The molecule has 1 atom stereocenters. The first-order valence-electron chi connectivity index (χ1n) is 7.95. The van der Waals surface area contributed by atoms with Crippen LogP contribution in [0.2, 0.25) is 0 Å². The van der Waals surface area contributed by atoms with Gasteiger partial charge in [0.1, 0.15) is 11.3 Å². The predicted octanol–water partition coefficient (Wildman–Crippen LogP) is 4.55. The summed E-state index contributed by atoms with van der Waals surface area (Å²) < 4.78 is 11.3. The molecule has 0 saturated heterocycles. The van der Waals surface area contributed by atoms with Crippen molar-refractivity contribution in [3.63, 3.8) is 0 Å². The van der Waals surface area contributed by atoms with Crippen molar-refractivity contribution in [2.45, 2.75) is 44.2 Å². The lowest BCUT2D eigenvalue weighted by atomic mass is 10.2. The van der Waals surface area contributed by atoms with Gasteiger partial charge in [-0.15, -0.1) is 0 Å². The summed E-state index contributed by atoms with van der Waals surface area (Å²) in [6, 6.07) is 9.50. The van der Waals surface area contributed by atoms with E-state index in [0.717, 1.165) is 23.1 Å². The van der Waals surface area contributed by atoms with E-state index in [1.807, 2.05) is 45.0 Å². The van der Waals surface area contributed by atoms with Gasteiger partial charge >= 0.3 is 0 Å². The molecule has 3 aromatic rings. The highest BCUT2D eigenvalue weighted by Crippen LogP contribution is 2.28. The number of rotatable bonds is 6. The van der Waals surface area contributed by atoms with Crippen LogP contribution < -0.4 is 5.32 Å². The van der Waals surface area contributed by atoms with Gasteiger partial charge in [-0.1, -0.05) is 30.8 Å². The highest BCUT2D eigenvalue weighted by molar-refractivity contribution is 7.98. The Labute approximate surface area is 144 Å². The first kappa shape index (κ1) is 16.6. The van der Waals surface area contributed by atoms with Gasteiger partial charge in [0.05, 0.1) is 5.75 Å². The predicted molar refractivity (Wildman–Crippen MR) is 94.2 cm³/mol. The third-order valence-corrected chi connectivity index (χ3v) is 4.66. The van der Waals surface area contributed by atoms with Gasteiger partial charge in [0, 0.05) is 6.04 Å². The minimum Gasteiger partial charge on any atom is -0.455 e. The van der Waals surface area contributed by atoms with Crippen molar-refractivity contribution < 1.29 is 13.6 Å².